The van der Waals surface area contributed by atoms with E-state index >= 15 is 0 Å². The van der Waals surface area contributed by atoms with Crippen LogP contribution in [0.15, 0.2) is 36.9 Å². The fraction of sp³-hybridized carbons (Fsp3) is 0.421. The van der Waals surface area contributed by atoms with Crippen molar-refractivity contribution in [1.82, 2.24) is 25.6 Å². The van der Waals surface area contributed by atoms with E-state index in [2.05, 4.69) is 30.9 Å². The van der Waals surface area contributed by atoms with E-state index in [4.69, 9.17) is 0 Å². The van der Waals surface area contributed by atoms with E-state index in [1.807, 2.05) is 19.1 Å². The Morgan fingerprint density at radius 1 is 1.11 bits per heavy atom. The van der Waals surface area contributed by atoms with Gasteiger partial charge >= 0.3 is 0 Å². The van der Waals surface area contributed by atoms with Gasteiger partial charge in [-0.1, -0.05) is 0 Å². The summed E-state index contributed by atoms with van der Waals surface area (Å²) in [5.74, 6) is -0.616. The number of pyridine rings is 1. The zero-order valence-electron chi connectivity index (χ0n) is 15.3. The Bertz CT molecular complexity index is 766. The summed E-state index contributed by atoms with van der Waals surface area (Å²) in [4.78, 5) is 37.3. The van der Waals surface area contributed by atoms with Gasteiger partial charge in [0.25, 0.3) is 0 Å². The summed E-state index contributed by atoms with van der Waals surface area (Å²) in [5.41, 5.74) is 2.40. The number of hydrogen-bond donors (Lipinski definition) is 3. The maximum Gasteiger partial charge on any atom is 0.228 e. The molecule has 1 fully saturated rings. The molecule has 0 aromatic carbocycles. The summed E-state index contributed by atoms with van der Waals surface area (Å²) < 4.78 is 0. The van der Waals surface area contributed by atoms with E-state index in [0.717, 1.165) is 11.4 Å². The van der Waals surface area contributed by atoms with Crippen molar-refractivity contribution in [2.75, 3.05) is 25.0 Å². The highest BCUT2D eigenvalue weighted by atomic mass is 16.2. The van der Waals surface area contributed by atoms with Gasteiger partial charge in [-0.05, 0) is 25.5 Å². The van der Waals surface area contributed by atoms with E-state index in [9.17, 15) is 9.59 Å². The summed E-state index contributed by atoms with van der Waals surface area (Å²) in [7, 11) is 0. The van der Waals surface area contributed by atoms with Crippen LogP contribution in [0.4, 0.5) is 5.69 Å². The van der Waals surface area contributed by atoms with Crippen molar-refractivity contribution in [3.63, 3.8) is 0 Å². The van der Waals surface area contributed by atoms with Crippen molar-refractivity contribution in [3.8, 4) is 0 Å². The highest BCUT2D eigenvalue weighted by molar-refractivity contribution is 5.93. The topological polar surface area (TPSA) is 109 Å². The first kappa shape index (κ1) is 18.9. The zero-order valence-corrected chi connectivity index (χ0v) is 15.3. The minimum Gasteiger partial charge on any atom is -0.355 e. The first-order chi connectivity index (χ1) is 13.1. The summed E-state index contributed by atoms with van der Waals surface area (Å²) in [5, 5.41) is 8.99. The van der Waals surface area contributed by atoms with Crippen LogP contribution in [0, 0.1) is 18.8 Å². The lowest BCUT2D eigenvalue weighted by atomic mass is 9.89. The van der Waals surface area contributed by atoms with Crippen LogP contribution in [0.3, 0.4) is 0 Å². The second-order valence-electron chi connectivity index (χ2n) is 6.70. The van der Waals surface area contributed by atoms with Gasteiger partial charge in [0.1, 0.15) is 0 Å². The molecule has 3 N–H and O–H groups in total. The lowest BCUT2D eigenvalue weighted by molar-refractivity contribution is -0.127. The Labute approximate surface area is 158 Å². The molecule has 3 heterocycles. The Morgan fingerprint density at radius 2 is 1.93 bits per heavy atom. The molecule has 3 rings (SSSR count). The number of carbonyl (C=O) groups is 2. The van der Waals surface area contributed by atoms with Crippen LogP contribution in [0.1, 0.15) is 17.8 Å². The summed E-state index contributed by atoms with van der Waals surface area (Å²) in [6.07, 6.45) is 7.73. The maximum atomic E-state index is 12.5. The summed E-state index contributed by atoms with van der Waals surface area (Å²) >= 11 is 0. The number of anilines is 1. The van der Waals surface area contributed by atoms with Gasteiger partial charge in [0.2, 0.25) is 11.8 Å². The third kappa shape index (κ3) is 5.55. The van der Waals surface area contributed by atoms with E-state index < -0.39 is 0 Å². The van der Waals surface area contributed by atoms with Gasteiger partial charge in [-0.25, -0.2) is 0 Å². The number of rotatable bonds is 6. The molecular formula is C19H24N6O2. The molecule has 0 unspecified atom stereocenters. The molecule has 2 aromatic rings. The fourth-order valence-electron chi connectivity index (χ4n) is 3.04. The number of aryl methyl sites for hydroxylation is 1. The minimum atomic E-state index is -0.254. The van der Waals surface area contributed by atoms with Crippen molar-refractivity contribution in [2.24, 2.45) is 11.8 Å². The highest BCUT2D eigenvalue weighted by Crippen LogP contribution is 2.19. The molecule has 1 aliphatic heterocycles. The SMILES string of the molecule is Cc1ccc(NC(=O)[C@@H]2CNC[C@H](C(=O)NCCc3cnccn3)C2)cn1. The number of aromatic nitrogens is 3. The van der Waals surface area contributed by atoms with Crippen LogP contribution in [0.5, 0.6) is 0 Å². The predicted octanol–water partition coefficient (Wildman–Crippen LogP) is 0.703. The van der Waals surface area contributed by atoms with E-state index in [1.165, 1.54) is 0 Å². The van der Waals surface area contributed by atoms with Crippen molar-refractivity contribution < 1.29 is 9.59 Å². The monoisotopic (exact) mass is 368 g/mol. The molecule has 0 radical (unpaired) electrons. The van der Waals surface area contributed by atoms with E-state index in [-0.39, 0.29) is 23.7 Å². The van der Waals surface area contributed by atoms with Crippen molar-refractivity contribution >= 4 is 17.5 Å². The number of amides is 2. The van der Waals surface area contributed by atoms with E-state index in [1.54, 1.807) is 24.8 Å². The Kier molecular flexibility index (Phi) is 6.43. The Balaban J connectivity index is 1.47. The summed E-state index contributed by atoms with van der Waals surface area (Å²) in [6, 6.07) is 3.68. The molecule has 1 saturated heterocycles. The first-order valence-electron chi connectivity index (χ1n) is 9.08. The van der Waals surface area contributed by atoms with E-state index in [0.29, 0.717) is 38.2 Å². The van der Waals surface area contributed by atoms with Gasteiger partial charge < -0.3 is 16.0 Å². The average molecular weight is 368 g/mol. The maximum absolute atomic E-state index is 12.5. The van der Waals surface area contributed by atoms with Gasteiger partial charge in [0.05, 0.1) is 29.4 Å². The lowest BCUT2D eigenvalue weighted by Crippen LogP contribution is -2.47. The fourth-order valence-corrected chi connectivity index (χ4v) is 3.04. The number of hydrogen-bond acceptors (Lipinski definition) is 6. The van der Waals surface area contributed by atoms with Crippen LogP contribution in [0.25, 0.3) is 0 Å². The largest absolute Gasteiger partial charge is 0.355 e. The second kappa shape index (κ2) is 9.18. The molecule has 0 bridgehead atoms. The second-order valence-corrected chi connectivity index (χ2v) is 6.70. The third-order valence-corrected chi connectivity index (χ3v) is 4.57. The van der Waals surface area contributed by atoms with Gasteiger partial charge in [-0.2, -0.15) is 0 Å². The molecule has 27 heavy (non-hydrogen) atoms. The molecule has 8 nitrogen and oxygen atoms in total. The molecule has 0 aliphatic carbocycles. The predicted molar refractivity (Wildman–Crippen MR) is 101 cm³/mol. The van der Waals surface area contributed by atoms with Crippen LogP contribution in [-0.2, 0) is 16.0 Å². The van der Waals surface area contributed by atoms with Crippen molar-refractivity contribution in [1.29, 1.82) is 0 Å². The van der Waals surface area contributed by atoms with Crippen LogP contribution < -0.4 is 16.0 Å². The van der Waals surface area contributed by atoms with Crippen molar-refractivity contribution in [2.45, 2.75) is 19.8 Å². The van der Waals surface area contributed by atoms with Gasteiger partial charge in [0, 0.05) is 50.3 Å². The van der Waals surface area contributed by atoms with Gasteiger partial charge in [0.15, 0.2) is 0 Å². The Hall–Kier alpha value is -2.87. The van der Waals surface area contributed by atoms with Crippen LogP contribution in [-0.4, -0.2) is 46.4 Å². The lowest BCUT2D eigenvalue weighted by Gasteiger charge is -2.28. The minimum absolute atomic E-state index is 0.0408. The standard InChI is InChI=1S/C19H24N6O2/c1-13-2-3-17(12-24-13)25-19(27)15-8-14(9-21-10-15)18(26)23-5-4-16-11-20-6-7-22-16/h2-3,6-7,11-12,14-15,21H,4-5,8-10H2,1H3,(H,23,26)(H,25,27)/t14-,15+/m1/s1. The van der Waals surface area contributed by atoms with Crippen LogP contribution in [0.2, 0.25) is 0 Å². The average Bonchev–Trinajstić information content (AvgIpc) is 2.70. The molecule has 1 aliphatic rings. The highest BCUT2D eigenvalue weighted by Gasteiger charge is 2.31. The molecule has 2 amide bonds. The van der Waals surface area contributed by atoms with Gasteiger partial charge in [-0.3, -0.25) is 24.5 Å². The van der Waals surface area contributed by atoms with Crippen molar-refractivity contribution in [3.05, 3.63) is 48.3 Å². The number of nitrogens with one attached hydrogen (secondary N) is 3. The molecular weight excluding hydrogens is 344 g/mol. The summed E-state index contributed by atoms with van der Waals surface area (Å²) in [6.45, 7) is 3.53. The normalized spacial score (nSPS) is 19.3. The number of nitrogens with zero attached hydrogens (tertiary/aromatic N) is 3. The molecule has 2 atom stereocenters. The zero-order chi connectivity index (χ0) is 19.1. The quantitative estimate of drug-likeness (QED) is 0.693. The smallest absolute Gasteiger partial charge is 0.228 e. The first-order valence-corrected chi connectivity index (χ1v) is 9.08. The molecule has 0 saturated carbocycles. The number of piperidine rings is 1. The number of carbonyl (C=O) groups excluding carboxylic acids is 2. The van der Waals surface area contributed by atoms with Gasteiger partial charge in [-0.15, -0.1) is 0 Å². The molecule has 2 aromatic heterocycles. The molecule has 8 heteroatoms. The molecule has 0 spiro atoms. The molecule has 142 valence electrons. The Morgan fingerprint density at radius 3 is 2.63 bits per heavy atom. The van der Waals surface area contributed by atoms with Crippen LogP contribution >= 0.6 is 0 Å². The third-order valence-electron chi connectivity index (χ3n) is 4.57.